The molecule has 1 aliphatic rings. The van der Waals surface area contributed by atoms with Crippen LogP contribution in [-0.2, 0) is 0 Å². The van der Waals surface area contributed by atoms with E-state index in [1.54, 1.807) is 0 Å². The van der Waals surface area contributed by atoms with Gasteiger partial charge < -0.3 is 16.0 Å². The predicted molar refractivity (Wildman–Crippen MR) is 78.1 cm³/mol. The van der Waals surface area contributed by atoms with Crippen LogP contribution in [0.25, 0.3) is 0 Å². The van der Waals surface area contributed by atoms with Gasteiger partial charge in [-0.05, 0) is 16.7 Å². The number of aromatic nitrogens is 3. The average molecular weight is 264 g/mol. The van der Waals surface area contributed by atoms with Crippen molar-refractivity contribution in [2.24, 2.45) is 16.7 Å². The first-order valence-electron chi connectivity index (χ1n) is 6.59. The lowest BCUT2D eigenvalue weighted by molar-refractivity contribution is 0.457. The first kappa shape index (κ1) is 13.8. The normalized spacial score (nSPS) is 20.1. The van der Waals surface area contributed by atoms with E-state index in [0.717, 1.165) is 6.54 Å². The number of nitrogens with one attached hydrogen (secondary N) is 1. The zero-order chi connectivity index (χ0) is 14.4. The summed E-state index contributed by atoms with van der Waals surface area (Å²) in [5.74, 6) is 1.98. The fourth-order valence-corrected chi connectivity index (χ4v) is 2.70. The number of anilines is 3. The van der Waals surface area contributed by atoms with E-state index in [9.17, 15) is 0 Å². The van der Waals surface area contributed by atoms with Crippen molar-refractivity contribution in [1.82, 2.24) is 15.0 Å². The molecule has 3 N–H and O–H groups in total. The topological polar surface area (TPSA) is 80.0 Å². The van der Waals surface area contributed by atoms with Gasteiger partial charge >= 0.3 is 0 Å². The van der Waals surface area contributed by atoms with Crippen LogP contribution in [0, 0.1) is 16.7 Å². The Morgan fingerprint density at radius 2 is 1.68 bits per heavy atom. The molecule has 6 heteroatoms. The molecular formula is C13H24N6. The van der Waals surface area contributed by atoms with E-state index in [4.69, 9.17) is 5.73 Å². The molecule has 2 rings (SSSR count). The van der Waals surface area contributed by atoms with Gasteiger partial charge in [-0.15, -0.1) is 0 Å². The zero-order valence-corrected chi connectivity index (χ0v) is 12.7. The van der Waals surface area contributed by atoms with Gasteiger partial charge in [-0.2, -0.15) is 15.0 Å². The largest absolute Gasteiger partial charge is 0.368 e. The van der Waals surface area contributed by atoms with Crippen LogP contribution in [0.15, 0.2) is 0 Å². The summed E-state index contributed by atoms with van der Waals surface area (Å²) in [6.45, 7) is 10.0. The fourth-order valence-electron chi connectivity index (χ4n) is 2.70. The molecule has 1 aliphatic carbocycles. The third-order valence-corrected chi connectivity index (χ3v) is 4.82. The van der Waals surface area contributed by atoms with E-state index in [2.05, 4.69) is 48.0 Å². The Morgan fingerprint density at radius 1 is 1.11 bits per heavy atom. The summed E-state index contributed by atoms with van der Waals surface area (Å²) in [5.41, 5.74) is 6.40. The van der Waals surface area contributed by atoms with Crippen LogP contribution < -0.4 is 16.0 Å². The molecule has 0 aromatic carbocycles. The zero-order valence-electron chi connectivity index (χ0n) is 12.7. The maximum absolute atomic E-state index is 5.70. The van der Waals surface area contributed by atoms with E-state index in [-0.39, 0.29) is 5.95 Å². The lowest BCUT2D eigenvalue weighted by atomic mass is 10.0. The second-order valence-electron chi connectivity index (χ2n) is 6.59. The van der Waals surface area contributed by atoms with Crippen LogP contribution in [0.3, 0.4) is 0 Å². The summed E-state index contributed by atoms with van der Waals surface area (Å²) < 4.78 is 0. The van der Waals surface area contributed by atoms with Gasteiger partial charge in [0, 0.05) is 20.6 Å². The third-order valence-electron chi connectivity index (χ3n) is 4.82. The van der Waals surface area contributed by atoms with Crippen LogP contribution >= 0.6 is 0 Å². The fraction of sp³-hybridized carbons (Fsp3) is 0.769. The lowest BCUT2D eigenvalue weighted by Gasteiger charge is -2.12. The highest BCUT2D eigenvalue weighted by atomic mass is 15.3. The molecule has 0 saturated heterocycles. The van der Waals surface area contributed by atoms with Gasteiger partial charge in [0.05, 0.1) is 0 Å². The maximum Gasteiger partial charge on any atom is 0.231 e. The van der Waals surface area contributed by atoms with Crippen LogP contribution in [0.5, 0.6) is 0 Å². The molecule has 0 amide bonds. The minimum Gasteiger partial charge on any atom is -0.368 e. The van der Waals surface area contributed by atoms with Crippen molar-refractivity contribution in [2.75, 3.05) is 36.6 Å². The Morgan fingerprint density at radius 3 is 2.16 bits per heavy atom. The standard InChI is InChI=1S/C13H24N6/c1-12(2)8(13(12,3)4)7-15-10-16-9(14)17-11(18-10)19(5)6/h8H,7H2,1-6H3,(H3,14,15,16,17,18). The third kappa shape index (κ3) is 2.31. The number of nitrogens with two attached hydrogens (primary N) is 1. The van der Waals surface area contributed by atoms with E-state index < -0.39 is 0 Å². The summed E-state index contributed by atoms with van der Waals surface area (Å²) >= 11 is 0. The Hall–Kier alpha value is -1.59. The summed E-state index contributed by atoms with van der Waals surface area (Å²) in [7, 11) is 3.76. The average Bonchev–Trinajstić information content (AvgIpc) is 2.66. The summed E-state index contributed by atoms with van der Waals surface area (Å²) in [6, 6.07) is 0. The molecule has 6 nitrogen and oxygen atoms in total. The van der Waals surface area contributed by atoms with E-state index >= 15 is 0 Å². The molecule has 0 radical (unpaired) electrons. The molecule has 0 bridgehead atoms. The van der Waals surface area contributed by atoms with Gasteiger partial charge in [0.15, 0.2) is 0 Å². The number of nitrogen functional groups attached to an aromatic ring is 1. The molecule has 1 aromatic rings. The van der Waals surface area contributed by atoms with Crippen molar-refractivity contribution < 1.29 is 0 Å². The summed E-state index contributed by atoms with van der Waals surface area (Å²) in [5, 5.41) is 3.29. The van der Waals surface area contributed by atoms with Crippen molar-refractivity contribution in [3.05, 3.63) is 0 Å². The second kappa shape index (κ2) is 4.21. The minimum atomic E-state index is 0.246. The molecule has 0 atom stereocenters. The lowest BCUT2D eigenvalue weighted by Crippen LogP contribution is -2.17. The molecule has 1 aromatic heterocycles. The van der Waals surface area contributed by atoms with Gasteiger partial charge in [-0.3, -0.25) is 0 Å². The molecule has 1 heterocycles. The molecule has 19 heavy (non-hydrogen) atoms. The van der Waals surface area contributed by atoms with E-state index in [0.29, 0.717) is 28.6 Å². The van der Waals surface area contributed by atoms with Crippen molar-refractivity contribution in [3.63, 3.8) is 0 Å². The predicted octanol–water partition coefficient (Wildman–Crippen LogP) is 1.61. The SMILES string of the molecule is CN(C)c1nc(N)nc(NCC2C(C)(C)C2(C)C)n1. The van der Waals surface area contributed by atoms with Crippen LogP contribution in [0.2, 0.25) is 0 Å². The molecule has 1 fully saturated rings. The maximum atomic E-state index is 5.70. The molecule has 0 unspecified atom stereocenters. The second-order valence-corrected chi connectivity index (χ2v) is 6.59. The quantitative estimate of drug-likeness (QED) is 0.860. The first-order valence-corrected chi connectivity index (χ1v) is 6.59. The van der Waals surface area contributed by atoms with Gasteiger partial charge in [-0.25, -0.2) is 0 Å². The highest BCUT2D eigenvalue weighted by Crippen LogP contribution is 2.68. The molecule has 106 valence electrons. The van der Waals surface area contributed by atoms with Gasteiger partial charge in [0.2, 0.25) is 17.8 Å². The van der Waals surface area contributed by atoms with Crippen molar-refractivity contribution in [2.45, 2.75) is 27.7 Å². The Kier molecular flexibility index (Phi) is 3.07. The molecular weight excluding hydrogens is 240 g/mol. The summed E-state index contributed by atoms with van der Waals surface area (Å²) in [6.07, 6.45) is 0. The number of hydrogen-bond acceptors (Lipinski definition) is 6. The van der Waals surface area contributed by atoms with E-state index in [1.165, 1.54) is 0 Å². The monoisotopic (exact) mass is 264 g/mol. The van der Waals surface area contributed by atoms with Crippen molar-refractivity contribution in [3.8, 4) is 0 Å². The first-order chi connectivity index (χ1) is 8.66. The van der Waals surface area contributed by atoms with Crippen LogP contribution in [0.1, 0.15) is 27.7 Å². The number of nitrogens with zero attached hydrogens (tertiary/aromatic N) is 4. The smallest absolute Gasteiger partial charge is 0.231 e. The van der Waals surface area contributed by atoms with Crippen molar-refractivity contribution in [1.29, 1.82) is 0 Å². The van der Waals surface area contributed by atoms with Gasteiger partial charge in [0.1, 0.15) is 0 Å². The molecule has 1 saturated carbocycles. The van der Waals surface area contributed by atoms with Crippen LogP contribution in [0.4, 0.5) is 17.8 Å². The Bertz CT molecular complexity index is 466. The van der Waals surface area contributed by atoms with Gasteiger partial charge in [0.25, 0.3) is 0 Å². The highest BCUT2D eigenvalue weighted by Gasteiger charge is 2.64. The van der Waals surface area contributed by atoms with E-state index in [1.807, 2.05) is 19.0 Å². The van der Waals surface area contributed by atoms with Gasteiger partial charge in [-0.1, -0.05) is 27.7 Å². The van der Waals surface area contributed by atoms with Crippen molar-refractivity contribution >= 4 is 17.8 Å². The minimum absolute atomic E-state index is 0.246. The Balaban J connectivity index is 2.05. The highest BCUT2D eigenvalue weighted by molar-refractivity contribution is 5.41. The number of hydrogen-bond donors (Lipinski definition) is 2. The molecule has 0 aliphatic heterocycles. The Labute approximate surface area is 114 Å². The number of rotatable bonds is 4. The summed E-state index contributed by atoms with van der Waals surface area (Å²) in [4.78, 5) is 14.4. The molecule has 0 spiro atoms. The van der Waals surface area contributed by atoms with Crippen LogP contribution in [-0.4, -0.2) is 35.6 Å².